The van der Waals surface area contributed by atoms with E-state index < -0.39 is 0 Å². The minimum Gasteiger partial charge on any atom is -0.336 e. The predicted molar refractivity (Wildman–Crippen MR) is 167 cm³/mol. The van der Waals surface area contributed by atoms with Crippen LogP contribution in [0.1, 0.15) is 59.7 Å². The van der Waals surface area contributed by atoms with Crippen LogP contribution >= 0.6 is 0 Å². The highest BCUT2D eigenvalue weighted by Gasteiger charge is 2.20. The fraction of sp³-hybridized carbons (Fsp3) is 0.324. The number of nitrogens with zero attached hydrogens (tertiary/aromatic N) is 2. The van der Waals surface area contributed by atoms with Gasteiger partial charge in [-0.2, -0.15) is 0 Å². The number of rotatable bonds is 12. The molecule has 1 amide bonds. The van der Waals surface area contributed by atoms with E-state index >= 15 is 0 Å². The highest BCUT2D eigenvalue weighted by molar-refractivity contribution is 6.06. The van der Waals surface area contributed by atoms with Crippen LogP contribution in [0.4, 0.5) is 17.2 Å². The minimum atomic E-state index is -0.213. The number of hydrogen-bond acceptors (Lipinski definition) is 5. The van der Waals surface area contributed by atoms with Gasteiger partial charge in [0.1, 0.15) is 0 Å². The number of carbonyl (C=O) groups is 1. The van der Waals surface area contributed by atoms with Crippen molar-refractivity contribution in [1.82, 2.24) is 14.9 Å². The van der Waals surface area contributed by atoms with Gasteiger partial charge in [0, 0.05) is 42.3 Å². The molecule has 0 bridgehead atoms. The summed E-state index contributed by atoms with van der Waals surface area (Å²) in [6.07, 6.45) is 7.39. The molecule has 0 unspecified atom stereocenters. The summed E-state index contributed by atoms with van der Waals surface area (Å²) in [6.45, 7) is 6.02. The van der Waals surface area contributed by atoms with Crippen LogP contribution in [0.25, 0.3) is 11.3 Å². The second-order valence-corrected chi connectivity index (χ2v) is 11.0. The Labute approximate surface area is 242 Å². The summed E-state index contributed by atoms with van der Waals surface area (Å²) in [5, 5.41) is 9.82. The zero-order chi connectivity index (χ0) is 28.8. The molecule has 212 valence electrons. The molecule has 1 heterocycles. The van der Waals surface area contributed by atoms with Gasteiger partial charge in [-0.1, -0.05) is 55.8 Å². The van der Waals surface area contributed by atoms with Crippen LogP contribution < -0.4 is 21.5 Å². The van der Waals surface area contributed by atoms with Gasteiger partial charge >= 0.3 is 0 Å². The topological polar surface area (TPSA) is 88.0 Å². The van der Waals surface area contributed by atoms with Crippen LogP contribution in [0, 0.1) is 12.8 Å². The molecule has 1 aliphatic rings. The molecule has 0 saturated heterocycles. The first kappa shape index (κ1) is 28.3. The van der Waals surface area contributed by atoms with E-state index in [0.717, 1.165) is 60.6 Å². The number of unbranched alkanes of at least 4 members (excludes halogenated alkanes) is 1. The number of nitrogens with one attached hydrogen (secondary N) is 3. The van der Waals surface area contributed by atoms with Crippen molar-refractivity contribution in [3.05, 3.63) is 106 Å². The van der Waals surface area contributed by atoms with Crippen LogP contribution in [-0.4, -0.2) is 22.0 Å². The van der Waals surface area contributed by atoms with E-state index in [2.05, 4.69) is 35.0 Å². The molecular weight excluding hydrogens is 510 g/mol. The van der Waals surface area contributed by atoms with Gasteiger partial charge in [0.05, 0.1) is 5.69 Å². The van der Waals surface area contributed by atoms with Gasteiger partial charge < -0.3 is 20.5 Å². The summed E-state index contributed by atoms with van der Waals surface area (Å²) in [4.78, 5) is 31.0. The first-order valence-corrected chi connectivity index (χ1v) is 14.6. The average molecular weight is 550 g/mol. The molecule has 1 fully saturated rings. The van der Waals surface area contributed by atoms with Crippen LogP contribution in [0.15, 0.2) is 77.7 Å². The summed E-state index contributed by atoms with van der Waals surface area (Å²) in [5.74, 6) is 0.973. The smallest absolute Gasteiger partial charge is 0.293 e. The molecule has 4 aromatic rings. The highest BCUT2D eigenvalue weighted by atomic mass is 16.1. The first-order chi connectivity index (χ1) is 19.9. The van der Waals surface area contributed by atoms with E-state index in [4.69, 9.17) is 4.98 Å². The molecule has 0 spiro atoms. The lowest BCUT2D eigenvalue weighted by molar-refractivity contribution is 0.102. The van der Waals surface area contributed by atoms with Crippen molar-refractivity contribution >= 4 is 23.1 Å². The highest BCUT2D eigenvalue weighted by Crippen LogP contribution is 2.29. The maximum atomic E-state index is 13.3. The Morgan fingerprint density at radius 1 is 1.02 bits per heavy atom. The van der Waals surface area contributed by atoms with Gasteiger partial charge in [-0.3, -0.25) is 9.59 Å². The van der Waals surface area contributed by atoms with Crippen molar-refractivity contribution < 1.29 is 4.79 Å². The van der Waals surface area contributed by atoms with Crippen molar-refractivity contribution in [3.63, 3.8) is 0 Å². The number of amides is 1. The van der Waals surface area contributed by atoms with Crippen molar-refractivity contribution in [2.24, 2.45) is 13.0 Å². The Morgan fingerprint density at radius 2 is 1.80 bits per heavy atom. The quantitative estimate of drug-likeness (QED) is 0.185. The lowest BCUT2D eigenvalue weighted by Gasteiger charge is -2.15. The summed E-state index contributed by atoms with van der Waals surface area (Å²) in [5.41, 5.74) is 6.63. The Bertz CT molecular complexity index is 1570. The van der Waals surface area contributed by atoms with E-state index in [-0.39, 0.29) is 17.3 Å². The molecule has 3 N–H and O–H groups in total. The lowest BCUT2D eigenvalue weighted by atomic mass is 10.0. The number of hydrogen-bond donors (Lipinski definition) is 3. The Kier molecular flexibility index (Phi) is 8.95. The fourth-order valence-corrected chi connectivity index (χ4v) is 4.97. The number of anilines is 3. The predicted octanol–water partition coefficient (Wildman–Crippen LogP) is 6.59. The van der Waals surface area contributed by atoms with Crippen molar-refractivity contribution in [2.75, 3.05) is 17.2 Å². The molecule has 7 heteroatoms. The second kappa shape index (κ2) is 13.0. The van der Waals surface area contributed by atoms with Crippen molar-refractivity contribution in [1.29, 1.82) is 0 Å². The minimum absolute atomic E-state index is 0.126. The Morgan fingerprint density at radius 3 is 2.56 bits per heavy atom. The SMILES string of the molecule is CCCCc1ccccc1C(=O)Nc1cccc(-c2cn(C)c(=O)c(Nc3ccc(CNCC4CC4)cc3)n2)c1C. The Hall–Kier alpha value is -4.23. The normalized spacial score (nSPS) is 12.8. The first-order valence-electron chi connectivity index (χ1n) is 14.6. The Balaban J connectivity index is 1.34. The molecule has 7 nitrogen and oxygen atoms in total. The maximum absolute atomic E-state index is 13.3. The zero-order valence-corrected chi connectivity index (χ0v) is 24.2. The van der Waals surface area contributed by atoms with E-state index in [1.807, 2.05) is 61.5 Å². The van der Waals surface area contributed by atoms with Gasteiger partial charge in [-0.25, -0.2) is 4.98 Å². The summed E-state index contributed by atoms with van der Waals surface area (Å²) in [7, 11) is 1.72. The van der Waals surface area contributed by atoms with E-state index in [1.54, 1.807) is 13.2 Å². The monoisotopic (exact) mass is 549 g/mol. The standard InChI is InChI=1S/C34H39N5O2/c1-4-5-9-26-10-6-7-11-29(26)33(40)38-30-13-8-12-28(23(30)2)31-22-39(3)34(41)32(37-31)36-27-18-16-25(17-19-27)21-35-20-24-14-15-24/h6-8,10-13,16-19,22,24,35H,4-5,9,14-15,20-21H2,1-3H3,(H,36,37)(H,38,40). The van der Waals surface area contributed by atoms with E-state index in [1.165, 1.54) is 23.0 Å². The van der Waals surface area contributed by atoms with Crippen LogP contribution in [0.5, 0.6) is 0 Å². The largest absolute Gasteiger partial charge is 0.336 e. The van der Waals surface area contributed by atoms with Crippen molar-refractivity contribution in [3.8, 4) is 11.3 Å². The summed E-state index contributed by atoms with van der Waals surface area (Å²) >= 11 is 0. The lowest BCUT2D eigenvalue weighted by Crippen LogP contribution is -2.21. The molecule has 0 aliphatic heterocycles. The second-order valence-electron chi connectivity index (χ2n) is 11.0. The molecule has 41 heavy (non-hydrogen) atoms. The summed E-state index contributed by atoms with van der Waals surface area (Å²) in [6, 6.07) is 21.6. The third-order valence-electron chi connectivity index (χ3n) is 7.67. The van der Waals surface area contributed by atoms with Gasteiger partial charge in [-0.05, 0) is 86.0 Å². The molecule has 5 rings (SSSR count). The number of carbonyl (C=O) groups excluding carboxylic acids is 1. The average Bonchev–Trinajstić information content (AvgIpc) is 3.81. The molecule has 1 aromatic heterocycles. The van der Waals surface area contributed by atoms with Gasteiger partial charge in [0.25, 0.3) is 11.5 Å². The number of aromatic nitrogens is 2. The fourth-order valence-electron chi connectivity index (χ4n) is 4.97. The molecule has 3 aromatic carbocycles. The van der Waals surface area contributed by atoms with Gasteiger partial charge in [0.15, 0.2) is 5.82 Å². The van der Waals surface area contributed by atoms with E-state index in [0.29, 0.717) is 16.9 Å². The maximum Gasteiger partial charge on any atom is 0.293 e. The van der Waals surface area contributed by atoms with Crippen molar-refractivity contribution in [2.45, 2.75) is 52.5 Å². The number of benzene rings is 3. The number of aryl methyl sites for hydroxylation is 2. The van der Waals surface area contributed by atoms with Crippen LogP contribution in [0.3, 0.4) is 0 Å². The third-order valence-corrected chi connectivity index (χ3v) is 7.67. The molecular formula is C34H39N5O2. The van der Waals surface area contributed by atoms with Crippen LogP contribution in [-0.2, 0) is 20.0 Å². The molecule has 1 saturated carbocycles. The molecule has 0 atom stereocenters. The van der Waals surface area contributed by atoms with E-state index in [9.17, 15) is 9.59 Å². The van der Waals surface area contributed by atoms with Gasteiger partial charge in [0.2, 0.25) is 0 Å². The zero-order valence-electron chi connectivity index (χ0n) is 24.2. The summed E-state index contributed by atoms with van der Waals surface area (Å²) < 4.78 is 1.54. The molecule has 1 aliphatic carbocycles. The third kappa shape index (κ3) is 7.11. The van der Waals surface area contributed by atoms with Crippen LogP contribution in [0.2, 0.25) is 0 Å². The molecule has 0 radical (unpaired) electrons. The van der Waals surface area contributed by atoms with Gasteiger partial charge in [-0.15, -0.1) is 0 Å².